The third kappa shape index (κ3) is 3.59. The number of benzene rings is 1. The van der Waals surface area contributed by atoms with E-state index in [0.717, 1.165) is 48.4 Å². The van der Waals surface area contributed by atoms with E-state index < -0.39 is 0 Å². The molecule has 1 amide bonds. The largest absolute Gasteiger partial charge is 0.493 e. The highest BCUT2D eigenvalue weighted by atomic mass is 16.5. The molecule has 154 valence electrons. The molecule has 0 N–H and O–H groups in total. The van der Waals surface area contributed by atoms with Gasteiger partial charge < -0.3 is 14.4 Å². The fraction of sp³-hybridized carbons (Fsp3) is 0.524. The van der Waals surface area contributed by atoms with Gasteiger partial charge in [-0.3, -0.25) is 4.79 Å². The van der Waals surface area contributed by atoms with E-state index in [1.165, 1.54) is 0 Å². The fourth-order valence-corrected chi connectivity index (χ4v) is 4.01. The number of carbonyl (C=O) groups is 1. The number of hydrazone groups is 1. The minimum atomic E-state index is 0.122. The number of amides is 1. The summed E-state index contributed by atoms with van der Waals surface area (Å²) in [5.41, 5.74) is 1.80. The number of aromatic nitrogens is 2. The van der Waals surface area contributed by atoms with Gasteiger partial charge in [0.25, 0.3) is 0 Å². The van der Waals surface area contributed by atoms with Crippen molar-refractivity contribution in [3.63, 3.8) is 0 Å². The third-order valence-corrected chi connectivity index (χ3v) is 5.72. The highest BCUT2D eigenvalue weighted by Gasteiger charge is 2.34. The summed E-state index contributed by atoms with van der Waals surface area (Å²) in [6, 6.07) is 3.95. The van der Waals surface area contributed by atoms with Gasteiger partial charge in [-0.05, 0) is 24.8 Å². The Kier molecular flexibility index (Phi) is 5.25. The van der Waals surface area contributed by atoms with Gasteiger partial charge in [-0.15, -0.1) is 0 Å². The van der Waals surface area contributed by atoms with Gasteiger partial charge in [0.15, 0.2) is 11.5 Å². The molecule has 0 aliphatic carbocycles. The summed E-state index contributed by atoms with van der Waals surface area (Å²) in [5.74, 6) is 2.62. The first kappa shape index (κ1) is 19.4. The first-order chi connectivity index (χ1) is 14.0. The summed E-state index contributed by atoms with van der Waals surface area (Å²) in [5, 5.41) is 7.26. The van der Waals surface area contributed by atoms with Crippen LogP contribution in [0.25, 0.3) is 10.9 Å². The normalized spacial score (nSPS) is 18.0. The van der Waals surface area contributed by atoms with Crippen LogP contribution in [0.3, 0.4) is 0 Å². The monoisotopic (exact) mass is 397 g/mol. The Morgan fingerprint density at radius 3 is 2.38 bits per heavy atom. The Morgan fingerprint density at radius 2 is 1.76 bits per heavy atom. The Bertz CT molecular complexity index is 951. The molecule has 0 atom stereocenters. The van der Waals surface area contributed by atoms with Crippen molar-refractivity contribution in [1.29, 1.82) is 0 Å². The van der Waals surface area contributed by atoms with Crippen LogP contribution in [0.2, 0.25) is 0 Å². The summed E-state index contributed by atoms with van der Waals surface area (Å²) in [6.45, 7) is 5.78. The van der Waals surface area contributed by atoms with Crippen LogP contribution < -0.4 is 14.4 Å². The smallest absolute Gasteiger partial charge is 0.248 e. The van der Waals surface area contributed by atoms with Crippen molar-refractivity contribution < 1.29 is 14.3 Å². The topological polar surface area (TPSA) is 80.2 Å². The van der Waals surface area contributed by atoms with Crippen molar-refractivity contribution in [2.45, 2.75) is 39.2 Å². The zero-order valence-electron chi connectivity index (χ0n) is 17.4. The van der Waals surface area contributed by atoms with Gasteiger partial charge in [-0.2, -0.15) is 5.10 Å². The van der Waals surface area contributed by atoms with Crippen LogP contribution >= 0.6 is 0 Å². The van der Waals surface area contributed by atoms with Crippen molar-refractivity contribution >= 4 is 28.3 Å². The molecule has 2 aliphatic heterocycles. The molecule has 0 unspecified atom stereocenters. The average molecular weight is 397 g/mol. The molecular weight excluding hydrogens is 370 g/mol. The van der Waals surface area contributed by atoms with Gasteiger partial charge in [-0.25, -0.2) is 15.0 Å². The molecule has 8 nitrogen and oxygen atoms in total. The molecule has 1 aromatic carbocycles. The van der Waals surface area contributed by atoms with Crippen LogP contribution in [0, 0.1) is 5.92 Å². The number of nitrogens with zero attached hydrogens (tertiary/aromatic N) is 5. The number of piperidine rings is 1. The van der Waals surface area contributed by atoms with E-state index >= 15 is 0 Å². The van der Waals surface area contributed by atoms with Crippen LogP contribution in [0.1, 0.15) is 33.1 Å². The highest BCUT2D eigenvalue weighted by Crippen LogP contribution is 2.35. The molecule has 4 rings (SSSR count). The second kappa shape index (κ2) is 7.85. The molecule has 3 heterocycles. The first-order valence-corrected chi connectivity index (χ1v) is 10.0. The SMILES string of the molecule is COc1cc2ncnc(N3CCC(N4N=C(C(C)C)CC4=O)CC3)c2cc1OC. The lowest BCUT2D eigenvalue weighted by Crippen LogP contribution is -2.44. The van der Waals surface area contributed by atoms with Crippen molar-refractivity contribution in [3.8, 4) is 11.5 Å². The zero-order valence-corrected chi connectivity index (χ0v) is 17.4. The fourth-order valence-electron chi connectivity index (χ4n) is 4.01. The summed E-state index contributed by atoms with van der Waals surface area (Å²) < 4.78 is 10.8. The molecule has 0 bridgehead atoms. The zero-order chi connectivity index (χ0) is 20.5. The van der Waals surface area contributed by atoms with Gasteiger partial charge in [0.1, 0.15) is 12.1 Å². The molecule has 1 aromatic heterocycles. The van der Waals surface area contributed by atoms with Gasteiger partial charge in [-0.1, -0.05) is 13.8 Å². The Hall–Kier alpha value is -2.90. The van der Waals surface area contributed by atoms with E-state index in [1.807, 2.05) is 12.1 Å². The third-order valence-electron chi connectivity index (χ3n) is 5.72. The van der Waals surface area contributed by atoms with Crippen LogP contribution in [0.15, 0.2) is 23.6 Å². The number of methoxy groups -OCH3 is 2. The van der Waals surface area contributed by atoms with E-state index in [9.17, 15) is 4.79 Å². The van der Waals surface area contributed by atoms with Crippen LogP contribution in [0.4, 0.5) is 5.82 Å². The van der Waals surface area contributed by atoms with Crippen LogP contribution in [0.5, 0.6) is 11.5 Å². The van der Waals surface area contributed by atoms with Crippen molar-refractivity contribution in [3.05, 3.63) is 18.5 Å². The summed E-state index contributed by atoms with van der Waals surface area (Å²) in [7, 11) is 3.24. The number of anilines is 1. The Morgan fingerprint density at radius 1 is 1.07 bits per heavy atom. The summed E-state index contributed by atoms with van der Waals surface area (Å²) in [4.78, 5) is 23.6. The number of carbonyl (C=O) groups excluding carboxylic acids is 1. The minimum Gasteiger partial charge on any atom is -0.493 e. The predicted octanol–water partition coefficient (Wildman–Crippen LogP) is 2.86. The Labute approximate surface area is 170 Å². The molecule has 0 saturated carbocycles. The van der Waals surface area contributed by atoms with Gasteiger partial charge in [0.2, 0.25) is 5.91 Å². The molecule has 0 radical (unpaired) electrons. The number of rotatable bonds is 5. The van der Waals surface area contributed by atoms with Crippen LogP contribution in [-0.4, -0.2) is 59.9 Å². The maximum Gasteiger partial charge on any atom is 0.248 e. The lowest BCUT2D eigenvalue weighted by Gasteiger charge is -2.35. The lowest BCUT2D eigenvalue weighted by molar-refractivity contribution is -0.131. The second-order valence-electron chi connectivity index (χ2n) is 7.80. The van der Waals surface area contributed by atoms with Gasteiger partial charge in [0.05, 0.1) is 37.9 Å². The molecular formula is C21H27N5O3. The van der Waals surface area contributed by atoms with E-state index in [0.29, 0.717) is 23.8 Å². The lowest BCUT2D eigenvalue weighted by atomic mass is 10.0. The average Bonchev–Trinajstić information content (AvgIpc) is 3.14. The molecule has 2 aromatic rings. The number of hydrogen-bond acceptors (Lipinski definition) is 7. The molecule has 8 heteroatoms. The highest BCUT2D eigenvalue weighted by molar-refractivity contribution is 6.05. The van der Waals surface area contributed by atoms with Crippen molar-refractivity contribution in [1.82, 2.24) is 15.0 Å². The predicted molar refractivity (Wildman–Crippen MR) is 112 cm³/mol. The second-order valence-corrected chi connectivity index (χ2v) is 7.80. The number of hydrogen-bond donors (Lipinski definition) is 0. The minimum absolute atomic E-state index is 0.122. The quantitative estimate of drug-likeness (QED) is 0.772. The molecule has 2 aliphatic rings. The molecule has 0 spiro atoms. The Balaban J connectivity index is 1.54. The number of ether oxygens (including phenoxy) is 2. The molecule has 29 heavy (non-hydrogen) atoms. The van der Waals surface area contributed by atoms with Crippen molar-refractivity contribution in [2.24, 2.45) is 11.0 Å². The van der Waals surface area contributed by atoms with Gasteiger partial charge >= 0.3 is 0 Å². The summed E-state index contributed by atoms with van der Waals surface area (Å²) in [6.07, 6.45) is 3.76. The van der Waals surface area contributed by atoms with Crippen LogP contribution in [-0.2, 0) is 4.79 Å². The van der Waals surface area contributed by atoms with Gasteiger partial charge in [0, 0.05) is 24.5 Å². The molecule has 1 fully saturated rings. The summed E-state index contributed by atoms with van der Waals surface area (Å²) >= 11 is 0. The van der Waals surface area contributed by atoms with Crippen molar-refractivity contribution in [2.75, 3.05) is 32.2 Å². The van der Waals surface area contributed by atoms with E-state index in [4.69, 9.17) is 9.47 Å². The molecule has 1 saturated heterocycles. The van der Waals surface area contributed by atoms with E-state index in [2.05, 4.69) is 33.8 Å². The standard InChI is InChI=1S/C21H27N5O3/c1-13(2)16-11-20(27)26(24-16)14-5-7-25(8-6-14)21-15-9-18(28-3)19(29-4)10-17(15)22-12-23-21/h9-10,12-14H,5-8,11H2,1-4H3. The maximum absolute atomic E-state index is 12.4. The first-order valence-electron chi connectivity index (χ1n) is 10.0. The van der Waals surface area contributed by atoms with E-state index in [-0.39, 0.29) is 11.9 Å². The number of fused-ring (bicyclic) bond motifs is 1. The van der Waals surface area contributed by atoms with E-state index in [1.54, 1.807) is 25.6 Å². The maximum atomic E-state index is 12.4.